The van der Waals surface area contributed by atoms with Crippen LogP contribution in [0.4, 0.5) is 0 Å². The zero-order valence-corrected chi connectivity index (χ0v) is 13.0. The van der Waals surface area contributed by atoms with E-state index in [0.717, 1.165) is 32.7 Å². The molecule has 0 N–H and O–H groups in total. The predicted molar refractivity (Wildman–Crippen MR) is 76.4 cm³/mol. The molecule has 114 valence electrons. The van der Waals surface area contributed by atoms with Gasteiger partial charge in [-0.2, -0.15) is 0 Å². The van der Waals surface area contributed by atoms with Crippen molar-refractivity contribution in [3.8, 4) is 0 Å². The van der Waals surface area contributed by atoms with Crippen LogP contribution in [-0.4, -0.2) is 49.8 Å². The molecule has 0 aromatic heterocycles. The normalized spacial score (nSPS) is 40.0. The first-order valence-corrected chi connectivity index (χ1v) is 7.93. The zero-order valence-electron chi connectivity index (χ0n) is 13.0. The summed E-state index contributed by atoms with van der Waals surface area (Å²) in [5, 5.41) is 0. The highest BCUT2D eigenvalue weighted by Crippen LogP contribution is 2.66. The van der Waals surface area contributed by atoms with Crippen molar-refractivity contribution >= 4 is 5.97 Å². The molecule has 20 heavy (non-hydrogen) atoms. The number of nitrogens with zero attached hydrogens (tertiary/aromatic N) is 1. The fraction of sp³-hybridized carbons (Fsp3) is 0.938. The van der Waals surface area contributed by atoms with Gasteiger partial charge in [-0.25, -0.2) is 0 Å². The number of rotatable bonds is 3. The lowest BCUT2D eigenvalue weighted by molar-refractivity contribution is -0.159. The number of hydrogen-bond acceptors (Lipinski definition) is 4. The van der Waals surface area contributed by atoms with Gasteiger partial charge in [0.15, 0.2) is 0 Å². The molecule has 2 bridgehead atoms. The number of esters is 1. The Labute approximate surface area is 121 Å². The summed E-state index contributed by atoms with van der Waals surface area (Å²) in [6.45, 7) is 10.6. The quantitative estimate of drug-likeness (QED) is 0.742. The molecular weight excluding hydrogens is 254 g/mol. The van der Waals surface area contributed by atoms with Crippen molar-refractivity contribution in [3.63, 3.8) is 0 Å². The third-order valence-electron chi connectivity index (χ3n) is 6.44. The molecule has 2 saturated carbocycles. The van der Waals surface area contributed by atoms with Crippen molar-refractivity contribution in [2.75, 3.05) is 32.8 Å². The highest BCUT2D eigenvalue weighted by atomic mass is 16.5. The van der Waals surface area contributed by atoms with Gasteiger partial charge < -0.3 is 9.47 Å². The van der Waals surface area contributed by atoms with E-state index in [4.69, 9.17) is 9.47 Å². The Bertz CT molecular complexity index is 389. The van der Waals surface area contributed by atoms with E-state index in [-0.39, 0.29) is 17.5 Å². The molecule has 3 atom stereocenters. The van der Waals surface area contributed by atoms with Gasteiger partial charge in [-0.1, -0.05) is 20.8 Å². The summed E-state index contributed by atoms with van der Waals surface area (Å²) in [5.74, 6) is 0.662. The van der Waals surface area contributed by atoms with E-state index in [9.17, 15) is 4.79 Å². The Hall–Kier alpha value is -0.610. The molecular formula is C16H27NO3. The van der Waals surface area contributed by atoms with E-state index in [1.165, 1.54) is 12.8 Å². The van der Waals surface area contributed by atoms with Crippen LogP contribution in [0.1, 0.15) is 40.0 Å². The third-order valence-corrected chi connectivity index (χ3v) is 6.44. The maximum absolute atomic E-state index is 12.2. The second kappa shape index (κ2) is 4.99. The molecule has 0 spiro atoms. The molecule has 1 heterocycles. The lowest BCUT2D eigenvalue weighted by atomic mass is 9.70. The van der Waals surface area contributed by atoms with E-state index < -0.39 is 0 Å². The topological polar surface area (TPSA) is 38.8 Å². The number of carbonyl (C=O) groups is 1. The van der Waals surface area contributed by atoms with Gasteiger partial charge in [0.05, 0.1) is 19.8 Å². The third kappa shape index (κ3) is 2.17. The van der Waals surface area contributed by atoms with E-state index in [0.29, 0.717) is 17.9 Å². The highest BCUT2D eigenvalue weighted by molar-refractivity contribution is 5.72. The molecule has 2 aliphatic carbocycles. The maximum atomic E-state index is 12.2. The Morgan fingerprint density at radius 1 is 1.30 bits per heavy atom. The summed E-state index contributed by atoms with van der Waals surface area (Å²) < 4.78 is 11.2. The van der Waals surface area contributed by atoms with Crippen molar-refractivity contribution in [2.45, 2.75) is 46.1 Å². The molecule has 4 heteroatoms. The minimum Gasteiger partial charge on any atom is -0.461 e. The molecule has 0 amide bonds. The Morgan fingerprint density at radius 3 is 2.55 bits per heavy atom. The van der Waals surface area contributed by atoms with Gasteiger partial charge in [0.25, 0.3) is 0 Å². The lowest BCUT2D eigenvalue weighted by Crippen LogP contribution is -2.43. The first-order valence-electron chi connectivity index (χ1n) is 7.93. The number of ether oxygens (including phenoxy) is 2. The molecule has 0 unspecified atom stereocenters. The molecule has 0 aromatic carbocycles. The number of hydrogen-bond donors (Lipinski definition) is 0. The van der Waals surface area contributed by atoms with Crippen LogP contribution >= 0.6 is 0 Å². The second-order valence-electron chi connectivity index (χ2n) is 7.48. The first kappa shape index (κ1) is 14.3. The van der Waals surface area contributed by atoms with E-state index >= 15 is 0 Å². The average molecular weight is 281 g/mol. The summed E-state index contributed by atoms with van der Waals surface area (Å²) in [6.07, 6.45) is 3.66. The van der Waals surface area contributed by atoms with Crippen molar-refractivity contribution in [2.24, 2.45) is 16.7 Å². The minimum atomic E-state index is -0.0542. The van der Waals surface area contributed by atoms with Gasteiger partial charge in [0, 0.05) is 18.5 Å². The minimum absolute atomic E-state index is 0.0542. The van der Waals surface area contributed by atoms with E-state index in [1.54, 1.807) is 0 Å². The fourth-order valence-corrected chi connectivity index (χ4v) is 4.45. The van der Waals surface area contributed by atoms with Crippen LogP contribution in [-0.2, 0) is 14.3 Å². The van der Waals surface area contributed by atoms with Crippen LogP contribution in [0.25, 0.3) is 0 Å². The summed E-state index contributed by atoms with van der Waals surface area (Å²) >= 11 is 0. The molecule has 4 nitrogen and oxygen atoms in total. The summed E-state index contributed by atoms with van der Waals surface area (Å²) in [5.41, 5.74) is 0.468. The molecule has 0 aromatic rings. The summed E-state index contributed by atoms with van der Waals surface area (Å²) in [7, 11) is 0. The molecule has 3 rings (SSSR count). The van der Waals surface area contributed by atoms with Gasteiger partial charge in [-0.15, -0.1) is 0 Å². The van der Waals surface area contributed by atoms with Crippen LogP contribution in [0.5, 0.6) is 0 Å². The number of carbonyl (C=O) groups excluding carboxylic acids is 1. The largest absolute Gasteiger partial charge is 0.461 e. The van der Waals surface area contributed by atoms with Crippen molar-refractivity contribution in [3.05, 3.63) is 0 Å². The van der Waals surface area contributed by atoms with E-state index in [2.05, 4.69) is 25.7 Å². The number of morpholine rings is 1. The molecule has 3 aliphatic rings. The van der Waals surface area contributed by atoms with Crippen LogP contribution in [0.2, 0.25) is 0 Å². The van der Waals surface area contributed by atoms with Crippen molar-refractivity contribution in [1.29, 1.82) is 0 Å². The zero-order chi connectivity index (χ0) is 14.4. The van der Waals surface area contributed by atoms with Gasteiger partial charge >= 0.3 is 5.97 Å². The first-order chi connectivity index (χ1) is 9.43. The predicted octanol–water partition coefficient (Wildman–Crippen LogP) is 2.08. The summed E-state index contributed by atoms with van der Waals surface area (Å²) in [6, 6.07) is 0. The SMILES string of the molecule is CC1(C)[C@H]2CC[C@]1(C)[C@H](OC(=O)CN1CCOCC1)C2. The second-order valence-corrected chi connectivity index (χ2v) is 7.48. The fourth-order valence-electron chi connectivity index (χ4n) is 4.45. The monoisotopic (exact) mass is 281 g/mol. The van der Waals surface area contributed by atoms with Gasteiger partial charge in [0.2, 0.25) is 0 Å². The molecule has 1 aliphatic heterocycles. The average Bonchev–Trinajstić information content (AvgIpc) is 2.73. The van der Waals surface area contributed by atoms with E-state index in [1.807, 2.05) is 0 Å². The maximum Gasteiger partial charge on any atom is 0.320 e. The van der Waals surface area contributed by atoms with Crippen LogP contribution in [0.3, 0.4) is 0 Å². The standard InChI is InChI=1S/C16H27NO3/c1-15(2)12-4-5-16(15,3)13(10-12)20-14(18)11-17-6-8-19-9-7-17/h12-13H,4-11H2,1-3H3/t12-,13+,16+/m0/s1. The Kier molecular flexibility index (Phi) is 3.57. The molecule has 1 saturated heterocycles. The van der Waals surface area contributed by atoms with Gasteiger partial charge in [0.1, 0.15) is 6.10 Å². The molecule has 3 fully saturated rings. The smallest absolute Gasteiger partial charge is 0.320 e. The molecule has 0 radical (unpaired) electrons. The summed E-state index contributed by atoms with van der Waals surface area (Å²) in [4.78, 5) is 14.3. The van der Waals surface area contributed by atoms with Crippen LogP contribution < -0.4 is 0 Å². The van der Waals surface area contributed by atoms with Crippen LogP contribution in [0.15, 0.2) is 0 Å². The van der Waals surface area contributed by atoms with Crippen LogP contribution in [0, 0.1) is 16.7 Å². The Morgan fingerprint density at radius 2 is 2.00 bits per heavy atom. The van der Waals surface area contributed by atoms with Crippen molar-refractivity contribution < 1.29 is 14.3 Å². The van der Waals surface area contributed by atoms with Crippen molar-refractivity contribution in [1.82, 2.24) is 4.90 Å². The lowest BCUT2D eigenvalue weighted by Gasteiger charge is -2.38. The Balaban J connectivity index is 1.57. The van der Waals surface area contributed by atoms with Gasteiger partial charge in [-0.3, -0.25) is 9.69 Å². The highest BCUT2D eigenvalue weighted by Gasteiger charge is 2.62. The number of fused-ring (bicyclic) bond motifs is 2. The van der Waals surface area contributed by atoms with Gasteiger partial charge in [-0.05, 0) is 30.6 Å².